The van der Waals surface area contributed by atoms with Crippen molar-refractivity contribution in [1.82, 2.24) is 20.9 Å². The summed E-state index contributed by atoms with van der Waals surface area (Å²) in [6.07, 6.45) is 13.8. The second kappa shape index (κ2) is 24.9. The van der Waals surface area contributed by atoms with Gasteiger partial charge in [0.25, 0.3) is 42.2 Å². The summed E-state index contributed by atoms with van der Waals surface area (Å²) in [7, 11) is -13.2. The average Bonchev–Trinajstić information content (AvgIpc) is 3.83. The Bertz CT molecular complexity index is 3030. The highest BCUT2D eigenvalue weighted by atomic mass is 32.2. The van der Waals surface area contributed by atoms with Crippen molar-refractivity contribution in [1.29, 1.82) is 0 Å². The van der Waals surface area contributed by atoms with Crippen molar-refractivity contribution in [3.63, 3.8) is 0 Å². The lowest BCUT2D eigenvalue weighted by Gasteiger charge is -2.27. The first-order valence-electron chi connectivity index (χ1n) is 24.9. The first kappa shape index (κ1) is 60.0. The number of rotatable bonds is 27. The summed E-state index contributed by atoms with van der Waals surface area (Å²) in [6.45, 7) is 13.1. The number of hydrogen-bond donors (Lipinski definition) is 6. The summed E-state index contributed by atoms with van der Waals surface area (Å²) < 4.78 is 102. The molecule has 5 rings (SSSR count). The molecule has 75 heavy (non-hydrogen) atoms. The van der Waals surface area contributed by atoms with E-state index in [1.165, 1.54) is 38.1 Å². The first-order valence-corrected chi connectivity index (χ1v) is 29.4. The Morgan fingerprint density at radius 3 is 1.85 bits per heavy atom. The van der Waals surface area contributed by atoms with Gasteiger partial charge < -0.3 is 20.9 Å². The number of carbonyl (C=O) groups is 5. The standard InChI is InChI=1S/C52H70N6O14S3/c1-35-17-21-42-40(31-35)51(4,5)44(56(42)28-11-15-47(60)54-33-36(2)73(64,65)66)23-18-38(13-9-8-10-14-46(59)53-27-30-58-49(62)25-26-50(58)63)19-24-45-52(6,7)41-32-39(75(70,71)72)20-22-43(41)57(45)29-12-16-48(61)55-34-37(3)74(67,68)69/h17-26,31-32,36-37H,8-16,27-30,33-34H2,1-7H3,(H5-,53,54,55,59,60,61,64,65,66,67,68,69,70,71,72)/p+1. The fourth-order valence-electron chi connectivity index (χ4n) is 9.22. The number of benzene rings is 2. The highest BCUT2D eigenvalue weighted by Crippen LogP contribution is 2.48. The zero-order valence-electron chi connectivity index (χ0n) is 43.6. The van der Waals surface area contributed by atoms with Crippen LogP contribution in [0.1, 0.15) is 116 Å². The van der Waals surface area contributed by atoms with Gasteiger partial charge in [-0.1, -0.05) is 50.1 Å². The van der Waals surface area contributed by atoms with Crippen LogP contribution in [0.4, 0.5) is 11.4 Å². The second-order valence-corrected chi connectivity index (χ2v) is 25.4. The van der Waals surface area contributed by atoms with E-state index in [9.17, 15) is 62.9 Å². The predicted octanol–water partition coefficient (Wildman–Crippen LogP) is 5.12. The Labute approximate surface area is 440 Å². The molecule has 0 bridgehead atoms. The molecule has 2 atom stereocenters. The number of allylic oxidation sites excluding steroid dienone is 6. The predicted molar refractivity (Wildman–Crippen MR) is 284 cm³/mol. The molecule has 0 saturated heterocycles. The monoisotopic (exact) mass is 1100 g/mol. The fraction of sp³-hybridized carbons (Fsp3) is 0.500. The molecule has 5 amide bonds. The summed E-state index contributed by atoms with van der Waals surface area (Å²) in [6, 6.07) is 10.6. The lowest BCUT2D eigenvalue weighted by Crippen LogP contribution is -2.38. The maximum absolute atomic E-state index is 12.8. The number of amides is 5. The van der Waals surface area contributed by atoms with Crippen molar-refractivity contribution in [2.24, 2.45) is 0 Å². The van der Waals surface area contributed by atoms with Crippen molar-refractivity contribution < 1.29 is 67.5 Å². The van der Waals surface area contributed by atoms with E-state index >= 15 is 0 Å². The van der Waals surface area contributed by atoms with Crippen LogP contribution in [0.25, 0.3) is 0 Å². The van der Waals surface area contributed by atoms with Gasteiger partial charge in [-0.15, -0.1) is 0 Å². The number of hydrogen-bond acceptors (Lipinski definition) is 12. The van der Waals surface area contributed by atoms with Crippen LogP contribution in [0.3, 0.4) is 0 Å². The summed E-state index contributed by atoms with van der Waals surface area (Å²) >= 11 is 0. The molecule has 0 saturated carbocycles. The molecule has 3 aliphatic heterocycles. The molecule has 2 unspecified atom stereocenters. The molecule has 2 aromatic carbocycles. The Hall–Kier alpha value is -5.85. The maximum Gasteiger partial charge on any atom is 0.294 e. The molecule has 23 heteroatoms. The summed E-state index contributed by atoms with van der Waals surface area (Å²) in [4.78, 5) is 65.2. The summed E-state index contributed by atoms with van der Waals surface area (Å²) in [5, 5.41) is 5.54. The molecule has 0 spiro atoms. The minimum atomic E-state index is -4.57. The van der Waals surface area contributed by atoms with Gasteiger partial charge >= 0.3 is 0 Å². The van der Waals surface area contributed by atoms with Gasteiger partial charge in [-0.2, -0.15) is 29.8 Å². The van der Waals surface area contributed by atoms with Crippen LogP contribution in [0.5, 0.6) is 0 Å². The average molecular weight is 1100 g/mol. The number of anilines is 1. The third kappa shape index (κ3) is 15.9. The van der Waals surface area contributed by atoms with Crippen LogP contribution in [0.15, 0.2) is 89.0 Å². The fourth-order valence-corrected chi connectivity index (χ4v) is 10.3. The van der Waals surface area contributed by atoms with Gasteiger partial charge in [0.05, 0.1) is 10.3 Å². The number of fused-ring (bicyclic) bond motifs is 2. The molecular weight excluding hydrogens is 1030 g/mol. The highest BCUT2D eigenvalue weighted by molar-refractivity contribution is 7.86. The molecule has 6 N–H and O–H groups in total. The van der Waals surface area contributed by atoms with Crippen molar-refractivity contribution in [3.05, 3.63) is 101 Å². The normalized spacial score (nSPS) is 17.7. The van der Waals surface area contributed by atoms with Gasteiger partial charge in [-0.3, -0.25) is 42.5 Å². The number of aryl methyl sites for hydroxylation is 1. The van der Waals surface area contributed by atoms with Gasteiger partial charge in [0.15, 0.2) is 5.71 Å². The molecule has 0 radical (unpaired) electrons. The highest BCUT2D eigenvalue weighted by Gasteiger charge is 2.45. The number of carbonyl (C=O) groups excluding carboxylic acids is 5. The van der Waals surface area contributed by atoms with E-state index in [2.05, 4.69) is 46.8 Å². The minimum absolute atomic E-state index is 0.00267. The molecule has 2 aromatic rings. The van der Waals surface area contributed by atoms with E-state index in [1.807, 2.05) is 55.7 Å². The molecule has 0 aromatic heterocycles. The Kier molecular flexibility index (Phi) is 19.9. The topological polar surface area (TPSA) is 294 Å². The maximum atomic E-state index is 12.8. The Morgan fingerprint density at radius 2 is 1.25 bits per heavy atom. The van der Waals surface area contributed by atoms with E-state index in [-0.39, 0.29) is 68.7 Å². The van der Waals surface area contributed by atoms with Gasteiger partial charge in [0, 0.05) is 105 Å². The third-order valence-corrected chi connectivity index (χ3v) is 17.0. The number of unbranched alkanes of at least 4 members (excludes halogenated alkanes) is 2. The number of imide groups is 1. The quantitative estimate of drug-likeness (QED) is 0.0223. The van der Waals surface area contributed by atoms with Crippen molar-refractivity contribution in [2.75, 3.05) is 44.2 Å². The summed E-state index contributed by atoms with van der Waals surface area (Å²) in [5.74, 6) is -1.85. The van der Waals surface area contributed by atoms with Gasteiger partial charge in [0.1, 0.15) is 17.0 Å². The Balaban J connectivity index is 1.45. The first-order chi connectivity index (χ1) is 34.9. The number of nitrogens with one attached hydrogen (secondary N) is 3. The van der Waals surface area contributed by atoms with Crippen LogP contribution >= 0.6 is 0 Å². The lowest BCUT2D eigenvalue weighted by molar-refractivity contribution is -0.438. The zero-order valence-corrected chi connectivity index (χ0v) is 46.0. The SMILES string of the molecule is Cc1ccc2c(c1)C(C)(C)\C(=C/C=C(/C=C/C1=[N+](CCCC(=O)NCC(C)S(=O)(=O)O)c3ccc(S(=O)(=O)O)cc3C1(C)C)CCCCCC(=O)NCCN1C(=O)C=CC1=O)N2CCCC(=O)NCC(C)S(=O)(=O)O. The minimum Gasteiger partial charge on any atom is -0.355 e. The van der Waals surface area contributed by atoms with Crippen molar-refractivity contribution in [3.8, 4) is 0 Å². The number of nitrogens with zero attached hydrogens (tertiary/aromatic N) is 3. The lowest BCUT2D eigenvalue weighted by atomic mass is 9.81. The van der Waals surface area contributed by atoms with Crippen LogP contribution in [0.2, 0.25) is 0 Å². The molecule has 20 nitrogen and oxygen atoms in total. The smallest absolute Gasteiger partial charge is 0.294 e. The van der Waals surface area contributed by atoms with E-state index in [0.717, 1.165) is 38.7 Å². The van der Waals surface area contributed by atoms with Crippen LogP contribution in [0, 0.1) is 6.92 Å². The molecule has 3 aliphatic rings. The third-order valence-electron chi connectivity index (χ3n) is 13.8. The molecule has 3 heterocycles. The van der Waals surface area contributed by atoms with Crippen molar-refractivity contribution in [2.45, 2.75) is 132 Å². The largest absolute Gasteiger partial charge is 0.355 e. The molecule has 0 aliphatic carbocycles. The van der Waals surface area contributed by atoms with Crippen LogP contribution in [-0.2, 0) is 65.2 Å². The van der Waals surface area contributed by atoms with Crippen LogP contribution in [-0.4, -0.2) is 133 Å². The van der Waals surface area contributed by atoms with Gasteiger partial charge in [-0.25, -0.2) is 0 Å². The van der Waals surface area contributed by atoms with E-state index in [1.54, 1.807) is 6.07 Å². The zero-order chi connectivity index (χ0) is 55.7. The van der Waals surface area contributed by atoms with Crippen LogP contribution < -0.4 is 20.9 Å². The molecule has 410 valence electrons. The van der Waals surface area contributed by atoms with Gasteiger partial charge in [0.2, 0.25) is 23.4 Å². The van der Waals surface area contributed by atoms with Gasteiger partial charge in [-0.05, 0) is 95.7 Å². The second-order valence-electron chi connectivity index (χ2n) is 20.3. The van der Waals surface area contributed by atoms with E-state index < -0.39 is 69.4 Å². The summed E-state index contributed by atoms with van der Waals surface area (Å²) in [5.41, 5.74) is 5.66. The van der Waals surface area contributed by atoms with E-state index in [4.69, 9.17) is 0 Å². The Morgan fingerprint density at radius 1 is 0.680 bits per heavy atom. The molecular formula is C52H71N6O14S3+. The molecule has 0 fully saturated rings. The van der Waals surface area contributed by atoms with Crippen molar-refractivity contribution >= 4 is 77.0 Å². The van der Waals surface area contributed by atoms with E-state index in [0.29, 0.717) is 56.3 Å².